The number of quaternary nitrogens is 1. The van der Waals surface area contributed by atoms with E-state index in [1.165, 1.54) is 32.1 Å². The Kier molecular flexibility index (Phi) is 8.20. The van der Waals surface area contributed by atoms with Gasteiger partial charge in [0.15, 0.2) is 0 Å². The van der Waals surface area contributed by atoms with Crippen molar-refractivity contribution >= 4 is 0 Å². The average molecular weight is 201 g/mol. The molecule has 0 aliphatic heterocycles. The highest BCUT2D eigenvalue weighted by Gasteiger charge is 2.06. The number of nitrogens with zero attached hydrogens (tertiary/aromatic N) is 1. The molecule has 0 saturated heterocycles. The van der Waals surface area contributed by atoms with Crippen LogP contribution in [0.25, 0.3) is 0 Å². The zero-order valence-electron chi connectivity index (χ0n) is 10.2. The molecule has 0 aromatic carbocycles. The fourth-order valence-electron chi connectivity index (χ4n) is 1.81. The molecule has 2 heteroatoms. The molecular formula is C12H27NO. The highest BCUT2D eigenvalue weighted by atomic mass is 16.5. The fraction of sp³-hybridized carbons (Fsp3) is 1.00. The van der Waals surface area contributed by atoms with E-state index in [9.17, 15) is 5.21 Å². The zero-order valence-corrected chi connectivity index (χ0v) is 10.2. The van der Waals surface area contributed by atoms with Gasteiger partial charge in [0.05, 0.1) is 20.1 Å². The summed E-state index contributed by atoms with van der Waals surface area (Å²) in [5.41, 5.74) is 0. The zero-order chi connectivity index (χ0) is 10.9. The molecule has 0 amide bonds. The van der Waals surface area contributed by atoms with E-state index in [0.29, 0.717) is 0 Å². The van der Waals surface area contributed by atoms with Crippen molar-refractivity contribution in [1.82, 2.24) is 0 Å². The van der Waals surface area contributed by atoms with Gasteiger partial charge in [-0.05, 0) is 19.3 Å². The minimum Gasteiger partial charge on any atom is -0.633 e. The maximum absolute atomic E-state index is 11.7. The average Bonchev–Trinajstić information content (AvgIpc) is 2.11. The van der Waals surface area contributed by atoms with E-state index in [-0.39, 0.29) is 4.65 Å². The molecule has 0 aromatic heterocycles. The summed E-state index contributed by atoms with van der Waals surface area (Å²) in [6.07, 6.45) is 8.62. The summed E-state index contributed by atoms with van der Waals surface area (Å²) < 4.78 is -0.0374. The molecule has 0 radical (unpaired) electrons. The van der Waals surface area contributed by atoms with E-state index in [2.05, 4.69) is 13.8 Å². The molecular weight excluding hydrogens is 174 g/mol. The standard InChI is InChI=1S/C12H27NO/c1-4-6-7-8-9-10-12-13(3,14)11-5-2/h4-12H2,1-3H3. The van der Waals surface area contributed by atoms with Gasteiger partial charge in [-0.2, -0.15) is 0 Å². The molecule has 0 saturated carbocycles. The summed E-state index contributed by atoms with van der Waals surface area (Å²) in [5.74, 6) is 0. The monoisotopic (exact) mass is 201 g/mol. The Morgan fingerprint density at radius 1 is 0.786 bits per heavy atom. The topological polar surface area (TPSA) is 23.1 Å². The van der Waals surface area contributed by atoms with E-state index in [1.807, 2.05) is 0 Å². The molecule has 0 heterocycles. The van der Waals surface area contributed by atoms with Crippen molar-refractivity contribution in [1.29, 1.82) is 0 Å². The van der Waals surface area contributed by atoms with Crippen molar-refractivity contribution in [3.05, 3.63) is 5.21 Å². The van der Waals surface area contributed by atoms with E-state index >= 15 is 0 Å². The summed E-state index contributed by atoms with van der Waals surface area (Å²) in [5, 5.41) is 11.7. The van der Waals surface area contributed by atoms with Gasteiger partial charge >= 0.3 is 0 Å². The van der Waals surface area contributed by atoms with Crippen LogP contribution in [0.5, 0.6) is 0 Å². The van der Waals surface area contributed by atoms with E-state index in [4.69, 9.17) is 0 Å². The smallest absolute Gasteiger partial charge is 0.0781 e. The molecule has 0 aromatic rings. The molecule has 86 valence electrons. The van der Waals surface area contributed by atoms with Crippen LogP contribution in [0.15, 0.2) is 0 Å². The number of unbranched alkanes of at least 4 members (excludes halogenated alkanes) is 5. The SMILES string of the molecule is CCCCCCCC[N+](C)([O-])CCC. The molecule has 1 atom stereocenters. The highest BCUT2D eigenvalue weighted by molar-refractivity contribution is 4.45. The van der Waals surface area contributed by atoms with Crippen molar-refractivity contribution in [2.75, 3.05) is 20.1 Å². The maximum atomic E-state index is 11.7. The molecule has 0 aliphatic rings. The van der Waals surface area contributed by atoms with Crippen LogP contribution in [-0.2, 0) is 0 Å². The Balaban J connectivity index is 3.26. The van der Waals surface area contributed by atoms with E-state index < -0.39 is 0 Å². The highest BCUT2D eigenvalue weighted by Crippen LogP contribution is 2.09. The first-order valence-corrected chi connectivity index (χ1v) is 6.18. The van der Waals surface area contributed by atoms with E-state index in [0.717, 1.165) is 25.9 Å². The van der Waals surface area contributed by atoms with Gasteiger partial charge < -0.3 is 9.85 Å². The number of hydrogen-bond acceptors (Lipinski definition) is 1. The predicted octanol–water partition coefficient (Wildman–Crippen LogP) is 3.70. The van der Waals surface area contributed by atoms with Crippen LogP contribution in [0.2, 0.25) is 0 Å². The third-order valence-corrected chi connectivity index (χ3v) is 2.68. The summed E-state index contributed by atoms with van der Waals surface area (Å²) in [4.78, 5) is 0. The van der Waals surface area contributed by atoms with Crippen LogP contribution >= 0.6 is 0 Å². The third-order valence-electron chi connectivity index (χ3n) is 2.68. The second-order valence-electron chi connectivity index (χ2n) is 4.51. The second-order valence-corrected chi connectivity index (χ2v) is 4.51. The predicted molar refractivity (Wildman–Crippen MR) is 63.0 cm³/mol. The van der Waals surface area contributed by atoms with Gasteiger partial charge in [0, 0.05) is 0 Å². The fourth-order valence-corrected chi connectivity index (χ4v) is 1.81. The van der Waals surface area contributed by atoms with Crippen LogP contribution in [-0.4, -0.2) is 24.8 Å². The van der Waals surface area contributed by atoms with Crippen molar-refractivity contribution in [3.8, 4) is 0 Å². The Labute approximate surface area is 89.5 Å². The van der Waals surface area contributed by atoms with Gasteiger partial charge in [0.1, 0.15) is 0 Å². The maximum Gasteiger partial charge on any atom is 0.0781 e. The molecule has 0 spiro atoms. The van der Waals surface area contributed by atoms with Gasteiger partial charge in [-0.3, -0.25) is 0 Å². The summed E-state index contributed by atoms with van der Waals surface area (Å²) in [6, 6.07) is 0. The quantitative estimate of drug-likeness (QED) is 0.317. The van der Waals surface area contributed by atoms with Crippen LogP contribution < -0.4 is 0 Å². The molecule has 1 unspecified atom stereocenters. The molecule has 0 aliphatic carbocycles. The Morgan fingerprint density at radius 2 is 1.36 bits per heavy atom. The van der Waals surface area contributed by atoms with Crippen LogP contribution in [0.4, 0.5) is 0 Å². The Bertz CT molecular complexity index is 123. The summed E-state index contributed by atoms with van der Waals surface area (Å²) in [7, 11) is 1.80. The molecule has 0 N–H and O–H groups in total. The molecule has 0 bridgehead atoms. The normalized spacial score (nSPS) is 15.4. The molecule has 0 rings (SSSR count). The van der Waals surface area contributed by atoms with Crippen molar-refractivity contribution in [3.63, 3.8) is 0 Å². The third kappa shape index (κ3) is 8.52. The first-order chi connectivity index (χ1) is 6.62. The first-order valence-electron chi connectivity index (χ1n) is 6.18. The first kappa shape index (κ1) is 13.9. The Morgan fingerprint density at radius 3 is 1.93 bits per heavy atom. The van der Waals surface area contributed by atoms with Gasteiger partial charge in [-0.1, -0.05) is 39.5 Å². The number of hydrogen-bond donors (Lipinski definition) is 0. The Hall–Kier alpha value is -0.0800. The minimum atomic E-state index is -0.0374. The van der Waals surface area contributed by atoms with Gasteiger partial charge in [-0.15, -0.1) is 0 Å². The van der Waals surface area contributed by atoms with Gasteiger partial charge in [-0.25, -0.2) is 0 Å². The van der Waals surface area contributed by atoms with Crippen LogP contribution in [0.3, 0.4) is 0 Å². The minimum absolute atomic E-state index is 0.0374. The lowest BCUT2D eigenvalue weighted by Gasteiger charge is -2.38. The van der Waals surface area contributed by atoms with Gasteiger partial charge in [0.25, 0.3) is 0 Å². The summed E-state index contributed by atoms with van der Waals surface area (Å²) in [6.45, 7) is 5.89. The van der Waals surface area contributed by atoms with E-state index in [1.54, 1.807) is 7.05 Å². The number of rotatable bonds is 9. The lowest BCUT2D eigenvalue weighted by molar-refractivity contribution is -0.861. The van der Waals surface area contributed by atoms with Crippen LogP contribution in [0, 0.1) is 5.21 Å². The number of hydroxylamine groups is 3. The lowest BCUT2D eigenvalue weighted by Crippen LogP contribution is -2.38. The lowest BCUT2D eigenvalue weighted by atomic mass is 10.1. The molecule has 0 fully saturated rings. The van der Waals surface area contributed by atoms with Crippen molar-refractivity contribution in [2.24, 2.45) is 0 Å². The molecule has 2 nitrogen and oxygen atoms in total. The second kappa shape index (κ2) is 8.25. The van der Waals surface area contributed by atoms with Crippen LogP contribution in [0.1, 0.15) is 58.8 Å². The molecule has 14 heavy (non-hydrogen) atoms. The largest absolute Gasteiger partial charge is 0.633 e. The van der Waals surface area contributed by atoms with Crippen molar-refractivity contribution < 1.29 is 4.65 Å². The van der Waals surface area contributed by atoms with Gasteiger partial charge in [0.2, 0.25) is 0 Å². The van der Waals surface area contributed by atoms with Crippen molar-refractivity contribution in [2.45, 2.75) is 58.8 Å². The summed E-state index contributed by atoms with van der Waals surface area (Å²) >= 11 is 0.